The van der Waals surface area contributed by atoms with Crippen LogP contribution in [-0.2, 0) is 9.59 Å². The van der Waals surface area contributed by atoms with Gasteiger partial charge in [-0.3, -0.25) is 9.59 Å². The number of carbonyl (C=O) groups excluding carboxylic acids is 2. The minimum atomic E-state index is -0.599. The van der Waals surface area contributed by atoms with E-state index in [9.17, 15) is 19.8 Å². The summed E-state index contributed by atoms with van der Waals surface area (Å²) in [6.45, 7) is 10.6. The van der Waals surface area contributed by atoms with Gasteiger partial charge in [0.15, 0.2) is 11.6 Å². The van der Waals surface area contributed by atoms with Crippen LogP contribution in [0.15, 0.2) is 11.6 Å². The molecule has 3 saturated carbocycles. The quantitative estimate of drug-likeness (QED) is 0.754. The van der Waals surface area contributed by atoms with Gasteiger partial charge in [-0.1, -0.05) is 40.2 Å². The molecule has 0 aliphatic heterocycles. The molecule has 3 fully saturated rings. The highest BCUT2D eigenvalue weighted by molar-refractivity contribution is 5.91. The zero-order valence-electron chi connectivity index (χ0n) is 18.1. The van der Waals surface area contributed by atoms with Crippen LogP contribution in [0.3, 0.4) is 0 Å². The van der Waals surface area contributed by atoms with E-state index in [2.05, 4.69) is 27.7 Å². The lowest BCUT2D eigenvalue weighted by Gasteiger charge is -2.70. The smallest absolute Gasteiger partial charge is 0.164 e. The number of allylic oxidation sites excluding steroid dienone is 1. The molecule has 0 aromatic carbocycles. The fraction of sp³-hybridized carbons (Fsp3) is 0.833. The molecule has 0 aromatic rings. The standard InChI is InChI=1S/C24H36O4/c1-20-9-8-16(26)12-15(20)6-7-17-21(2)10-11-22(3,19(28)14-25)23(21,4)13-18(27)24(17,20)5/h12,17-18,25,27H,6-11,13-14H2,1-5H3/t17-,18-,20-,21?,22?,23-,24?/m0/s1. The molecule has 156 valence electrons. The van der Waals surface area contributed by atoms with Gasteiger partial charge in [-0.2, -0.15) is 0 Å². The fourth-order valence-electron chi connectivity index (χ4n) is 8.42. The van der Waals surface area contributed by atoms with Crippen molar-refractivity contribution in [3.63, 3.8) is 0 Å². The number of hydrogen-bond donors (Lipinski definition) is 2. The summed E-state index contributed by atoms with van der Waals surface area (Å²) in [6.07, 6.45) is 6.87. The van der Waals surface area contributed by atoms with Crippen LogP contribution in [0, 0.1) is 33.0 Å². The molecule has 4 rings (SSSR count). The predicted molar refractivity (Wildman–Crippen MR) is 108 cm³/mol. The maximum atomic E-state index is 12.8. The van der Waals surface area contributed by atoms with Gasteiger partial charge in [-0.15, -0.1) is 0 Å². The van der Waals surface area contributed by atoms with E-state index in [0.717, 1.165) is 32.1 Å². The lowest BCUT2D eigenvalue weighted by Crippen LogP contribution is -2.68. The van der Waals surface area contributed by atoms with Crippen molar-refractivity contribution < 1.29 is 19.8 Å². The second-order valence-corrected chi connectivity index (χ2v) is 11.2. The number of rotatable bonds is 2. The van der Waals surface area contributed by atoms with Crippen molar-refractivity contribution in [1.29, 1.82) is 0 Å². The van der Waals surface area contributed by atoms with Gasteiger partial charge in [-0.05, 0) is 66.8 Å². The molecule has 0 saturated heterocycles. The molecule has 2 N–H and O–H groups in total. The van der Waals surface area contributed by atoms with Gasteiger partial charge in [-0.25, -0.2) is 0 Å². The first kappa shape index (κ1) is 20.3. The van der Waals surface area contributed by atoms with Crippen molar-refractivity contribution in [2.75, 3.05) is 6.61 Å². The van der Waals surface area contributed by atoms with E-state index in [1.165, 1.54) is 5.57 Å². The number of ketones is 2. The van der Waals surface area contributed by atoms with Gasteiger partial charge in [0.1, 0.15) is 6.61 Å². The van der Waals surface area contributed by atoms with Gasteiger partial charge >= 0.3 is 0 Å². The van der Waals surface area contributed by atoms with Crippen LogP contribution >= 0.6 is 0 Å². The zero-order chi connectivity index (χ0) is 20.8. The maximum Gasteiger partial charge on any atom is 0.164 e. The van der Waals surface area contributed by atoms with Gasteiger partial charge in [0, 0.05) is 17.3 Å². The number of aliphatic hydroxyl groups excluding tert-OH is 2. The van der Waals surface area contributed by atoms with Crippen molar-refractivity contribution >= 4 is 11.6 Å². The molecule has 0 aromatic heterocycles. The molecule has 4 aliphatic rings. The molecule has 3 unspecified atom stereocenters. The maximum absolute atomic E-state index is 12.8. The third kappa shape index (κ3) is 1.99. The summed E-state index contributed by atoms with van der Waals surface area (Å²) in [5.41, 5.74) is -0.269. The highest BCUT2D eigenvalue weighted by Gasteiger charge is 2.75. The molecule has 0 heterocycles. The SMILES string of the molecule is CC1(C(=O)CO)CCC2(C)[C@@H]3CCC4=CC(=O)CC[C@]4(C)C3(C)[C@@H](O)C[C@]12C. The molecular formula is C24H36O4. The van der Waals surface area contributed by atoms with Crippen LogP contribution in [0.2, 0.25) is 0 Å². The summed E-state index contributed by atoms with van der Waals surface area (Å²) in [6, 6.07) is 0. The lowest BCUT2D eigenvalue weighted by molar-refractivity contribution is -0.232. The molecule has 0 spiro atoms. The molecule has 28 heavy (non-hydrogen) atoms. The number of fused-ring (bicyclic) bond motifs is 5. The molecule has 0 bridgehead atoms. The van der Waals surface area contributed by atoms with Gasteiger partial charge in [0.05, 0.1) is 6.10 Å². The number of Topliss-reactive ketones (excluding diaryl/α,β-unsaturated/α-hetero) is 1. The van der Waals surface area contributed by atoms with Gasteiger partial charge in [0.25, 0.3) is 0 Å². The Morgan fingerprint density at radius 3 is 2.43 bits per heavy atom. The van der Waals surface area contributed by atoms with Crippen LogP contribution in [0.1, 0.15) is 79.6 Å². The van der Waals surface area contributed by atoms with Crippen molar-refractivity contribution in [1.82, 2.24) is 0 Å². The largest absolute Gasteiger partial charge is 0.392 e. The molecule has 4 nitrogen and oxygen atoms in total. The average molecular weight is 389 g/mol. The molecule has 4 heteroatoms. The van der Waals surface area contributed by atoms with Crippen LogP contribution in [-0.4, -0.2) is 34.5 Å². The van der Waals surface area contributed by atoms with E-state index in [-0.39, 0.29) is 39.1 Å². The Balaban J connectivity index is 1.86. The van der Waals surface area contributed by atoms with E-state index in [1.54, 1.807) is 0 Å². The highest BCUT2D eigenvalue weighted by Crippen LogP contribution is 2.78. The monoisotopic (exact) mass is 388 g/mol. The Labute approximate surface area is 168 Å². The molecule has 7 atom stereocenters. The topological polar surface area (TPSA) is 74.6 Å². The third-order valence-electron chi connectivity index (χ3n) is 11.0. The summed E-state index contributed by atoms with van der Waals surface area (Å²) in [4.78, 5) is 24.9. The Morgan fingerprint density at radius 1 is 1.11 bits per heavy atom. The Hall–Kier alpha value is -1.00. The molecule has 4 aliphatic carbocycles. The van der Waals surface area contributed by atoms with E-state index in [1.807, 2.05) is 13.0 Å². The predicted octanol–water partition coefficient (Wildman–Crippen LogP) is 3.84. The Kier molecular flexibility index (Phi) is 4.19. The van der Waals surface area contributed by atoms with Crippen molar-refractivity contribution in [3.8, 4) is 0 Å². The van der Waals surface area contributed by atoms with Gasteiger partial charge < -0.3 is 10.2 Å². The van der Waals surface area contributed by atoms with Crippen LogP contribution < -0.4 is 0 Å². The second-order valence-electron chi connectivity index (χ2n) is 11.2. The molecule has 0 amide bonds. The molecular weight excluding hydrogens is 352 g/mol. The van der Waals surface area contributed by atoms with E-state index in [0.29, 0.717) is 12.8 Å². The van der Waals surface area contributed by atoms with E-state index >= 15 is 0 Å². The average Bonchev–Trinajstić information content (AvgIpc) is 2.85. The minimum Gasteiger partial charge on any atom is -0.392 e. The Morgan fingerprint density at radius 2 is 1.79 bits per heavy atom. The lowest BCUT2D eigenvalue weighted by atomic mass is 9.34. The first-order chi connectivity index (χ1) is 12.9. The number of aliphatic hydroxyl groups is 2. The van der Waals surface area contributed by atoms with Crippen LogP contribution in [0.4, 0.5) is 0 Å². The van der Waals surface area contributed by atoms with Crippen LogP contribution in [0.5, 0.6) is 0 Å². The van der Waals surface area contributed by atoms with E-state index < -0.39 is 18.1 Å². The Bertz CT molecular complexity index is 771. The van der Waals surface area contributed by atoms with Crippen molar-refractivity contribution in [2.24, 2.45) is 33.0 Å². The molecule has 0 radical (unpaired) electrons. The summed E-state index contributed by atoms with van der Waals surface area (Å²) in [5.74, 6) is 0.427. The zero-order valence-corrected chi connectivity index (χ0v) is 18.1. The summed E-state index contributed by atoms with van der Waals surface area (Å²) in [5, 5.41) is 21.3. The second kappa shape index (κ2) is 5.78. The highest BCUT2D eigenvalue weighted by atomic mass is 16.3. The number of hydrogen-bond acceptors (Lipinski definition) is 4. The summed E-state index contributed by atoms with van der Waals surface area (Å²) >= 11 is 0. The normalized spacial score (nSPS) is 53.1. The van der Waals surface area contributed by atoms with Gasteiger partial charge in [0.2, 0.25) is 0 Å². The van der Waals surface area contributed by atoms with Crippen molar-refractivity contribution in [3.05, 3.63) is 11.6 Å². The first-order valence-electron chi connectivity index (χ1n) is 11.0. The van der Waals surface area contributed by atoms with Crippen LogP contribution in [0.25, 0.3) is 0 Å². The fourth-order valence-corrected chi connectivity index (χ4v) is 8.42. The minimum absolute atomic E-state index is 0.0729. The number of carbonyl (C=O) groups is 2. The van der Waals surface area contributed by atoms with Crippen molar-refractivity contribution in [2.45, 2.75) is 85.7 Å². The summed E-state index contributed by atoms with van der Waals surface area (Å²) in [7, 11) is 0. The third-order valence-corrected chi connectivity index (χ3v) is 11.0. The summed E-state index contributed by atoms with van der Waals surface area (Å²) < 4.78 is 0. The van der Waals surface area contributed by atoms with E-state index in [4.69, 9.17) is 0 Å². The first-order valence-corrected chi connectivity index (χ1v) is 11.0.